The molecule has 1 atom stereocenters. The van der Waals surface area contributed by atoms with Crippen LogP contribution in [0, 0.1) is 0 Å². The fraction of sp³-hybridized carbons (Fsp3) is 0.353. The van der Waals surface area contributed by atoms with Crippen LogP contribution in [0.2, 0.25) is 0 Å². The van der Waals surface area contributed by atoms with Crippen LogP contribution in [0.15, 0.2) is 41.8 Å². The van der Waals surface area contributed by atoms with Crippen LogP contribution < -0.4 is 10.6 Å². The summed E-state index contributed by atoms with van der Waals surface area (Å²) in [6.45, 7) is 0.434. The summed E-state index contributed by atoms with van der Waals surface area (Å²) in [4.78, 5) is 15.1. The molecule has 25 heavy (non-hydrogen) atoms. The van der Waals surface area contributed by atoms with Crippen molar-refractivity contribution in [2.75, 3.05) is 20.6 Å². The van der Waals surface area contributed by atoms with E-state index in [2.05, 4.69) is 10.6 Å². The Balaban J connectivity index is 1.86. The minimum absolute atomic E-state index is 0.0292. The van der Waals surface area contributed by atoms with Crippen molar-refractivity contribution >= 4 is 17.4 Å². The highest BCUT2D eigenvalue weighted by molar-refractivity contribution is 7.10. The van der Waals surface area contributed by atoms with Crippen molar-refractivity contribution in [1.82, 2.24) is 15.5 Å². The molecule has 0 spiro atoms. The van der Waals surface area contributed by atoms with E-state index in [0.717, 1.165) is 17.0 Å². The van der Waals surface area contributed by atoms with Gasteiger partial charge in [0.2, 0.25) is 0 Å². The maximum Gasteiger partial charge on any atom is 0.416 e. The molecule has 8 heteroatoms. The lowest BCUT2D eigenvalue weighted by Gasteiger charge is -2.23. The molecule has 2 aromatic rings. The van der Waals surface area contributed by atoms with Crippen LogP contribution in [0.3, 0.4) is 0 Å². The average molecular weight is 371 g/mol. The van der Waals surface area contributed by atoms with E-state index in [0.29, 0.717) is 12.1 Å². The molecule has 1 aromatic heterocycles. The van der Waals surface area contributed by atoms with Gasteiger partial charge in [-0.3, -0.25) is 0 Å². The Hall–Kier alpha value is -2.06. The SMILES string of the molecule is CN(C)C(CNC(=O)NCc1cccc(C(F)(F)F)c1)c1cccs1. The Bertz CT molecular complexity index is 687. The van der Waals surface area contributed by atoms with Gasteiger partial charge in [0, 0.05) is 18.0 Å². The predicted molar refractivity (Wildman–Crippen MR) is 92.4 cm³/mol. The zero-order valence-corrected chi connectivity index (χ0v) is 14.7. The number of carbonyl (C=O) groups is 1. The van der Waals surface area contributed by atoms with Crippen LogP contribution in [0.5, 0.6) is 0 Å². The number of halogens is 3. The van der Waals surface area contributed by atoms with E-state index in [1.807, 2.05) is 36.5 Å². The van der Waals surface area contributed by atoms with Gasteiger partial charge >= 0.3 is 12.2 Å². The van der Waals surface area contributed by atoms with Crippen LogP contribution >= 0.6 is 11.3 Å². The summed E-state index contributed by atoms with van der Waals surface area (Å²) in [6.07, 6.45) is -4.39. The Morgan fingerprint density at radius 2 is 1.96 bits per heavy atom. The van der Waals surface area contributed by atoms with Crippen LogP contribution in [0.25, 0.3) is 0 Å². The first kappa shape index (κ1) is 19.3. The molecular formula is C17H20F3N3OS. The Kier molecular flexibility index (Phi) is 6.44. The maximum absolute atomic E-state index is 12.7. The summed E-state index contributed by atoms with van der Waals surface area (Å²) in [5, 5.41) is 7.32. The van der Waals surface area contributed by atoms with Crippen molar-refractivity contribution in [1.29, 1.82) is 0 Å². The number of benzene rings is 1. The predicted octanol–water partition coefficient (Wildman–Crippen LogP) is 3.87. The lowest BCUT2D eigenvalue weighted by atomic mass is 10.1. The molecule has 0 bridgehead atoms. The number of hydrogen-bond acceptors (Lipinski definition) is 3. The van der Waals surface area contributed by atoms with Gasteiger partial charge in [0.05, 0.1) is 11.6 Å². The molecule has 0 aliphatic carbocycles. The molecule has 2 amide bonds. The molecule has 1 aromatic carbocycles. The summed E-state index contributed by atoms with van der Waals surface area (Å²) < 4.78 is 38.0. The first-order valence-corrected chi connectivity index (χ1v) is 8.53. The minimum atomic E-state index is -4.39. The zero-order chi connectivity index (χ0) is 18.4. The van der Waals surface area contributed by atoms with Crippen molar-refractivity contribution in [3.8, 4) is 0 Å². The van der Waals surface area contributed by atoms with Crippen molar-refractivity contribution in [2.45, 2.75) is 18.8 Å². The monoisotopic (exact) mass is 371 g/mol. The van der Waals surface area contributed by atoms with Gasteiger partial charge in [0.1, 0.15) is 0 Å². The van der Waals surface area contributed by atoms with E-state index in [-0.39, 0.29) is 12.6 Å². The molecule has 4 nitrogen and oxygen atoms in total. The second-order valence-corrected chi connectivity index (χ2v) is 6.74. The molecule has 0 aliphatic heterocycles. The van der Waals surface area contributed by atoms with Crippen molar-refractivity contribution < 1.29 is 18.0 Å². The zero-order valence-electron chi connectivity index (χ0n) is 13.9. The molecule has 0 saturated heterocycles. The summed E-state index contributed by atoms with van der Waals surface area (Å²) in [5.41, 5.74) is -0.329. The van der Waals surface area contributed by atoms with E-state index in [1.54, 1.807) is 17.4 Å². The first-order chi connectivity index (χ1) is 11.8. The van der Waals surface area contributed by atoms with E-state index < -0.39 is 17.8 Å². The third-order valence-corrected chi connectivity index (χ3v) is 4.63. The fourth-order valence-corrected chi connectivity index (χ4v) is 3.23. The number of hydrogen-bond donors (Lipinski definition) is 2. The number of nitrogens with one attached hydrogen (secondary N) is 2. The molecule has 0 aliphatic rings. The van der Waals surface area contributed by atoms with Gasteiger partial charge in [0.15, 0.2) is 0 Å². The van der Waals surface area contributed by atoms with Crippen LogP contribution in [0.1, 0.15) is 22.0 Å². The lowest BCUT2D eigenvalue weighted by molar-refractivity contribution is -0.137. The lowest BCUT2D eigenvalue weighted by Crippen LogP contribution is -2.40. The summed E-state index contributed by atoms with van der Waals surface area (Å²) in [6, 6.07) is 8.49. The highest BCUT2D eigenvalue weighted by Crippen LogP contribution is 2.29. The number of urea groups is 1. The normalized spacial score (nSPS) is 12.9. The highest BCUT2D eigenvalue weighted by Gasteiger charge is 2.30. The van der Waals surface area contributed by atoms with Crippen molar-refractivity contribution in [2.24, 2.45) is 0 Å². The average Bonchev–Trinajstić information content (AvgIpc) is 3.06. The van der Waals surface area contributed by atoms with Crippen LogP contribution in [0.4, 0.5) is 18.0 Å². The standard InChI is InChI=1S/C17H20F3N3OS/c1-23(2)14(15-7-4-8-25-15)11-22-16(24)21-10-12-5-3-6-13(9-12)17(18,19)20/h3-9,14H,10-11H2,1-2H3,(H2,21,22,24). The van der Waals surface area contributed by atoms with Crippen LogP contribution in [-0.2, 0) is 12.7 Å². The van der Waals surface area contributed by atoms with Crippen molar-refractivity contribution in [3.05, 3.63) is 57.8 Å². The summed E-state index contributed by atoms with van der Waals surface area (Å²) in [7, 11) is 3.85. The summed E-state index contributed by atoms with van der Waals surface area (Å²) >= 11 is 1.61. The Morgan fingerprint density at radius 3 is 2.56 bits per heavy atom. The quantitative estimate of drug-likeness (QED) is 0.810. The number of amides is 2. The molecule has 0 radical (unpaired) electrons. The fourth-order valence-electron chi connectivity index (χ4n) is 2.31. The number of carbonyl (C=O) groups excluding carboxylic acids is 1. The smallest absolute Gasteiger partial charge is 0.336 e. The van der Waals surface area contributed by atoms with E-state index in [4.69, 9.17) is 0 Å². The van der Waals surface area contributed by atoms with Gasteiger partial charge in [-0.25, -0.2) is 4.79 Å². The highest BCUT2D eigenvalue weighted by atomic mass is 32.1. The topological polar surface area (TPSA) is 44.4 Å². The van der Waals surface area contributed by atoms with Gasteiger partial charge in [-0.05, 0) is 43.2 Å². The van der Waals surface area contributed by atoms with Crippen molar-refractivity contribution in [3.63, 3.8) is 0 Å². The largest absolute Gasteiger partial charge is 0.416 e. The number of nitrogens with zero attached hydrogens (tertiary/aromatic N) is 1. The number of likely N-dealkylation sites (N-methyl/N-ethyl adjacent to an activating group) is 1. The maximum atomic E-state index is 12.7. The van der Waals surface area contributed by atoms with Gasteiger partial charge in [0.25, 0.3) is 0 Å². The van der Waals surface area contributed by atoms with Gasteiger partial charge in [-0.15, -0.1) is 11.3 Å². The number of rotatable bonds is 6. The number of thiophene rings is 1. The molecule has 2 rings (SSSR count). The number of alkyl halides is 3. The second kappa shape index (κ2) is 8.35. The molecule has 2 N–H and O–H groups in total. The van der Waals surface area contributed by atoms with Gasteiger partial charge in [-0.2, -0.15) is 13.2 Å². The minimum Gasteiger partial charge on any atom is -0.336 e. The third-order valence-electron chi connectivity index (χ3n) is 3.66. The first-order valence-electron chi connectivity index (χ1n) is 7.65. The molecule has 0 fully saturated rings. The van der Waals surface area contributed by atoms with Gasteiger partial charge in [-0.1, -0.05) is 18.2 Å². The molecule has 1 unspecified atom stereocenters. The molecule has 136 valence electrons. The van der Waals surface area contributed by atoms with E-state index >= 15 is 0 Å². The molecular weight excluding hydrogens is 351 g/mol. The second-order valence-electron chi connectivity index (χ2n) is 5.76. The van der Waals surface area contributed by atoms with Gasteiger partial charge < -0.3 is 15.5 Å². The third kappa shape index (κ3) is 5.75. The van der Waals surface area contributed by atoms with Crippen LogP contribution in [-0.4, -0.2) is 31.6 Å². The van der Waals surface area contributed by atoms with E-state index in [1.165, 1.54) is 6.07 Å². The van der Waals surface area contributed by atoms with E-state index in [9.17, 15) is 18.0 Å². The Morgan fingerprint density at radius 1 is 1.20 bits per heavy atom. The molecule has 1 heterocycles. The molecule has 0 saturated carbocycles. The summed E-state index contributed by atoms with van der Waals surface area (Å²) in [5.74, 6) is 0. The Labute approximate surface area is 148 Å².